The Morgan fingerprint density at radius 3 is 2.84 bits per heavy atom. The molecule has 11 nitrogen and oxygen atoms in total. The number of sulfonamides is 1. The van der Waals surface area contributed by atoms with E-state index in [4.69, 9.17) is 5.11 Å². The van der Waals surface area contributed by atoms with Gasteiger partial charge in [0.1, 0.15) is 0 Å². The van der Waals surface area contributed by atoms with E-state index >= 15 is 0 Å². The van der Waals surface area contributed by atoms with Gasteiger partial charge < -0.3 is 25.0 Å². The molecule has 0 atom stereocenters. The van der Waals surface area contributed by atoms with E-state index in [1.165, 1.54) is 0 Å². The molecule has 5 heterocycles. The fourth-order valence-electron chi connectivity index (χ4n) is 4.78. The van der Waals surface area contributed by atoms with Gasteiger partial charge in [-0.3, -0.25) is 9.52 Å². The lowest BCUT2D eigenvalue weighted by Gasteiger charge is -2.34. The van der Waals surface area contributed by atoms with Gasteiger partial charge in [-0.15, -0.1) is 0 Å². The second-order valence-electron chi connectivity index (χ2n) is 9.32. The molecule has 1 saturated heterocycles. The highest BCUT2D eigenvalue weighted by atomic mass is 32.2. The Hall–Kier alpha value is -3.64. The van der Waals surface area contributed by atoms with Crippen LogP contribution in [0.15, 0.2) is 48.9 Å². The van der Waals surface area contributed by atoms with Gasteiger partial charge in [-0.05, 0) is 49.8 Å². The molecule has 0 saturated carbocycles. The van der Waals surface area contributed by atoms with Crippen LogP contribution in [-0.2, 0) is 10.0 Å². The van der Waals surface area contributed by atoms with Crippen molar-refractivity contribution in [1.82, 2.24) is 14.4 Å². The summed E-state index contributed by atoms with van der Waals surface area (Å²) in [6.07, 6.45) is 13.4. The zero-order valence-corrected chi connectivity index (χ0v) is 21.2. The molecule has 6 rings (SSSR count). The first kappa shape index (κ1) is 25.0. The molecule has 0 unspecified atom stereocenters. The fourth-order valence-corrected chi connectivity index (χ4v) is 5.61. The molecule has 1 amide bonds. The zero-order chi connectivity index (χ0) is 25.8. The highest BCUT2D eigenvalue weighted by Gasteiger charge is 2.24. The lowest BCUT2D eigenvalue weighted by Crippen LogP contribution is -2.35. The maximum atomic E-state index is 13.5. The molecule has 12 heteroatoms. The minimum absolute atomic E-state index is 0.342. The predicted octanol–water partition coefficient (Wildman–Crippen LogP) is 2.69. The van der Waals surface area contributed by atoms with Crippen molar-refractivity contribution in [3.05, 3.63) is 54.5 Å². The molecule has 1 aromatic carbocycles. The second-order valence-corrected chi connectivity index (χ2v) is 11.2. The van der Waals surface area contributed by atoms with Crippen LogP contribution in [0.1, 0.15) is 36.0 Å². The Morgan fingerprint density at radius 1 is 1.19 bits per heavy atom. The number of imidazole rings is 1. The molecule has 0 radical (unpaired) electrons. The zero-order valence-electron chi connectivity index (χ0n) is 20.4. The Balaban J connectivity index is 1.52. The molecule has 3 aliphatic heterocycles. The van der Waals surface area contributed by atoms with Crippen molar-refractivity contribution in [2.45, 2.75) is 25.7 Å². The van der Waals surface area contributed by atoms with Crippen molar-refractivity contribution in [1.29, 1.82) is 0 Å². The fraction of sp³-hybridized carbons (Fsp3) is 0.400. The van der Waals surface area contributed by atoms with Crippen molar-refractivity contribution in [3.63, 3.8) is 0 Å². The summed E-state index contributed by atoms with van der Waals surface area (Å²) in [4.78, 5) is 24.6. The number of piperidine rings is 1. The van der Waals surface area contributed by atoms with Crippen molar-refractivity contribution in [2.24, 2.45) is 5.92 Å². The average molecular weight is 526 g/mol. The number of allylic oxidation sites excluding steroid dienone is 1. The van der Waals surface area contributed by atoms with E-state index in [9.17, 15) is 13.2 Å². The lowest BCUT2D eigenvalue weighted by molar-refractivity contribution is 0.102. The molecule has 2 aromatic heterocycles. The molecule has 1 fully saturated rings. The summed E-state index contributed by atoms with van der Waals surface area (Å²) in [5, 5.41) is 15.3. The predicted molar refractivity (Wildman–Crippen MR) is 144 cm³/mol. The summed E-state index contributed by atoms with van der Waals surface area (Å²) in [6.45, 7) is 1.74. The highest BCUT2D eigenvalue weighted by Crippen LogP contribution is 2.31. The molecular formula is C25H31N7O4S. The summed E-state index contributed by atoms with van der Waals surface area (Å²) < 4.78 is 28.8. The van der Waals surface area contributed by atoms with E-state index in [-0.39, 0.29) is 5.91 Å². The normalized spacial score (nSPS) is 18.1. The van der Waals surface area contributed by atoms with Crippen LogP contribution in [0.3, 0.4) is 0 Å². The van der Waals surface area contributed by atoms with Gasteiger partial charge in [0.2, 0.25) is 10.0 Å². The van der Waals surface area contributed by atoms with Crippen molar-refractivity contribution in [2.75, 3.05) is 52.2 Å². The highest BCUT2D eigenvalue weighted by molar-refractivity contribution is 7.92. The molecule has 0 spiro atoms. The van der Waals surface area contributed by atoms with Crippen LogP contribution in [0.5, 0.6) is 0 Å². The van der Waals surface area contributed by atoms with Gasteiger partial charge in [-0.25, -0.2) is 18.4 Å². The molecular weight excluding hydrogens is 494 g/mol. The maximum Gasteiger partial charge on any atom is 0.258 e. The van der Waals surface area contributed by atoms with E-state index < -0.39 is 22.4 Å². The van der Waals surface area contributed by atoms with Crippen LogP contribution >= 0.6 is 0 Å². The number of hydrogen-bond acceptors (Lipinski definition) is 8. The van der Waals surface area contributed by atoms with Crippen LogP contribution < -0.4 is 20.3 Å². The number of aromatic nitrogens is 3. The third-order valence-electron chi connectivity index (χ3n) is 6.69. The number of hydrogen-bond donors (Lipinski definition) is 4. The minimum Gasteiger partial charge on any atom is -0.395 e. The van der Waals surface area contributed by atoms with Gasteiger partial charge in [0.05, 0.1) is 35.5 Å². The average Bonchev–Trinajstić information content (AvgIpc) is 3.34. The number of anilines is 4. The Bertz CT molecular complexity index is 1410. The minimum atomic E-state index is -3.70. The Kier molecular flexibility index (Phi) is 7.28. The number of nitrogens with zero attached hydrogens (tertiary/aromatic N) is 4. The van der Waals surface area contributed by atoms with Gasteiger partial charge in [0.25, 0.3) is 5.91 Å². The number of aliphatic hydroxyl groups excluding tert-OH is 1. The number of benzene rings is 1. The van der Waals surface area contributed by atoms with Crippen molar-refractivity contribution in [3.8, 4) is 0 Å². The van der Waals surface area contributed by atoms with Crippen molar-refractivity contribution < 1.29 is 18.3 Å². The standard InChI is InChI=1S/C25H31N7O4S/c33-14-15-37(35,36)30-19-5-6-20-21(16-19)31-11-7-18(8-12-31)4-2-1-3-9-26-23-24-27-10-13-32(24)17-22(28-23)29-25(20)34/h1-2,5-6,10,13,16-18,30,33H,3-4,7-9,11-12,14-15H2,(H,26,28)(H,29,34)/b2-1-. The van der Waals surface area contributed by atoms with Crippen LogP contribution in [-0.4, -0.2) is 65.8 Å². The van der Waals surface area contributed by atoms with E-state index in [1.807, 2.05) is 0 Å². The summed E-state index contributed by atoms with van der Waals surface area (Å²) in [5.41, 5.74) is 2.10. The monoisotopic (exact) mass is 525 g/mol. The number of aliphatic hydroxyl groups is 1. The Labute approximate surface area is 215 Å². The quantitative estimate of drug-likeness (QED) is 0.381. The number of amides is 1. The molecule has 37 heavy (non-hydrogen) atoms. The lowest BCUT2D eigenvalue weighted by atomic mass is 9.92. The van der Waals surface area contributed by atoms with Crippen LogP contribution in [0, 0.1) is 5.92 Å². The SMILES string of the molecule is O=C1Nc2cn3ccnc3c(n2)NCC/C=C\CC2CCN(CC2)c2cc(NS(=O)(=O)CCO)ccc21. The first-order chi connectivity index (χ1) is 17.9. The van der Waals surface area contributed by atoms with E-state index in [0.717, 1.165) is 38.8 Å². The third kappa shape index (κ3) is 5.86. The van der Waals surface area contributed by atoms with Crippen LogP contribution in [0.4, 0.5) is 23.0 Å². The topological polar surface area (TPSA) is 141 Å². The summed E-state index contributed by atoms with van der Waals surface area (Å²) in [6, 6.07) is 4.88. The molecule has 0 aliphatic carbocycles. The number of rotatable bonds is 4. The van der Waals surface area contributed by atoms with Crippen LogP contribution in [0.25, 0.3) is 5.65 Å². The van der Waals surface area contributed by atoms with Gasteiger partial charge >= 0.3 is 0 Å². The van der Waals surface area contributed by atoms with Gasteiger partial charge in [0.15, 0.2) is 17.3 Å². The van der Waals surface area contributed by atoms with Gasteiger partial charge in [-0.1, -0.05) is 12.2 Å². The maximum absolute atomic E-state index is 13.5. The van der Waals surface area contributed by atoms with Crippen LogP contribution in [0.2, 0.25) is 0 Å². The first-order valence-corrected chi connectivity index (χ1v) is 14.1. The third-order valence-corrected chi connectivity index (χ3v) is 7.95. The molecule has 4 bridgehead atoms. The van der Waals surface area contributed by atoms with E-state index in [2.05, 4.69) is 42.4 Å². The molecule has 3 aliphatic rings. The largest absolute Gasteiger partial charge is 0.395 e. The van der Waals surface area contributed by atoms with Gasteiger partial charge in [-0.2, -0.15) is 0 Å². The number of fused-ring (bicyclic) bond motifs is 8. The Morgan fingerprint density at radius 2 is 2.03 bits per heavy atom. The number of carbonyl (C=O) groups excluding carboxylic acids is 1. The van der Waals surface area contributed by atoms with Crippen molar-refractivity contribution >= 4 is 44.6 Å². The smallest absolute Gasteiger partial charge is 0.258 e. The molecule has 196 valence electrons. The molecule has 3 aromatic rings. The van der Waals surface area contributed by atoms with Gasteiger partial charge in [0, 0.05) is 32.0 Å². The summed E-state index contributed by atoms with van der Waals surface area (Å²) >= 11 is 0. The number of nitrogens with one attached hydrogen (secondary N) is 3. The second kappa shape index (κ2) is 10.8. The van der Waals surface area contributed by atoms with E-state index in [0.29, 0.717) is 46.7 Å². The number of carbonyl (C=O) groups is 1. The van der Waals surface area contributed by atoms with E-state index in [1.54, 1.807) is 41.2 Å². The summed E-state index contributed by atoms with van der Waals surface area (Å²) in [7, 11) is -3.70. The molecule has 4 N–H and O–H groups in total. The summed E-state index contributed by atoms with van der Waals surface area (Å²) in [5.74, 6) is 0.766. The first-order valence-electron chi connectivity index (χ1n) is 12.5.